The summed E-state index contributed by atoms with van der Waals surface area (Å²) in [5, 5.41) is 0. The van der Waals surface area contributed by atoms with E-state index < -0.39 is 26.8 Å². The van der Waals surface area contributed by atoms with Crippen molar-refractivity contribution >= 4 is 15.3 Å². The van der Waals surface area contributed by atoms with Gasteiger partial charge in [-0.15, -0.1) is 0 Å². The Kier molecular flexibility index (Phi) is 8.22. The maximum atomic E-state index is 2.62. The maximum absolute atomic E-state index is 2.62. The second-order valence-electron chi connectivity index (χ2n) is 8.41. The van der Waals surface area contributed by atoms with Crippen molar-refractivity contribution in [2.45, 2.75) is 59.0 Å². The van der Waals surface area contributed by atoms with E-state index in [9.17, 15) is 0 Å². The van der Waals surface area contributed by atoms with Crippen molar-refractivity contribution in [1.29, 1.82) is 0 Å². The van der Waals surface area contributed by atoms with Crippen LogP contribution in [0.5, 0.6) is 0 Å². The molecule has 1 aromatic carbocycles. The number of allylic oxidation sites excluding steroid dienone is 5. The van der Waals surface area contributed by atoms with Crippen LogP contribution in [0.4, 0.5) is 0 Å². The normalized spacial score (nSPS) is 15.3. The molecule has 2 aliphatic carbocycles. The molecule has 0 saturated carbocycles. The van der Waals surface area contributed by atoms with Crippen LogP contribution in [0.25, 0.3) is 6.08 Å². The quantitative estimate of drug-likeness (QED) is 0.498. The summed E-state index contributed by atoms with van der Waals surface area (Å²) < 4.78 is 3.64. The molecule has 4 heteroatoms. The van der Waals surface area contributed by atoms with Crippen LogP contribution in [0.1, 0.15) is 50.8 Å². The fourth-order valence-electron chi connectivity index (χ4n) is 3.79. The summed E-state index contributed by atoms with van der Waals surface area (Å²) in [6.45, 7) is 14.6. The molecular weight excluding hydrogens is 442 g/mol. The molecule has 1 aromatic rings. The molecule has 0 N–H and O–H groups in total. The van der Waals surface area contributed by atoms with E-state index in [0.29, 0.717) is 0 Å². The molecule has 3 rings (SSSR count). The van der Waals surface area contributed by atoms with Crippen molar-refractivity contribution in [3.05, 3.63) is 55.9 Å². The first-order valence-electron chi connectivity index (χ1n) is 8.85. The Balaban J connectivity index is 0.00000156. The van der Waals surface area contributed by atoms with Gasteiger partial charge < -0.3 is 24.8 Å². The molecule has 0 bridgehead atoms. The molecule has 0 amide bonds. The van der Waals surface area contributed by atoms with Gasteiger partial charge in [-0.1, -0.05) is 0 Å². The van der Waals surface area contributed by atoms with Gasteiger partial charge in [-0.2, -0.15) is 0 Å². The van der Waals surface area contributed by atoms with Crippen molar-refractivity contribution in [2.75, 3.05) is 0 Å². The second kappa shape index (κ2) is 8.87. The zero-order valence-corrected chi connectivity index (χ0v) is 21.3. The van der Waals surface area contributed by atoms with Crippen LogP contribution < -0.4 is 28.1 Å². The van der Waals surface area contributed by atoms with E-state index in [1.807, 2.05) is 6.55 Å². The minimum Gasteiger partial charge on any atom is -1.00 e. The third-order valence-electron chi connectivity index (χ3n) is 4.98. The van der Waals surface area contributed by atoms with Crippen molar-refractivity contribution < 1.29 is 45.7 Å². The van der Waals surface area contributed by atoms with Crippen molar-refractivity contribution in [2.24, 2.45) is 0 Å². The summed E-state index contributed by atoms with van der Waals surface area (Å²) in [4.78, 5) is 0. The van der Waals surface area contributed by atoms with Gasteiger partial charge in [0.25, 0.3) is 0 Å². The molecule has 0 saturated heterocycles. The maximum Gasteiger partial charge on any atom is -1.00 e. The zero-order valence-electron chi connectivity index (χ0n) is 16.2. The van der Waals surface area contributed by atoms with Gasteiger partial charge in [0.05, 0.1) is 0 Å². The Hall–Kier alpha value is 0.120. The Morgan fingerprint density at radius 2 is 1.76 bits per heavy atom. The monoisotopic (exact) mass is 469 g/mol. The molecule has 135 valence electrons. The Morgan fingerprint density at radius 3 is 2.28 bits per heavy atom. The van der Waals surface area contributed by atoms with Crippen LogP contribution in [0, 0.1) is 0 Å². The van der Waals surface area contributed by atoms with Crippen molar-refractivity contribution in [1.82, 2.24) is 0 Å². The van der Waals surface area contributed by atoms with Gasteiger partial charge in [0.15, 0.2) is 0 Å². The first kappa shape index (κ1) is 23.2. The van der Waals surface area contributed by atoms with E-state index in [-0.39, 0.29) is 30.2 Å². The van der Waals surface area contributed by atoms with Gasteiger partial charge in [-0.05, 0) is 0 Å². The largest absolute Gasteiger partial charge is 1.00 e. The number of hydrogen-bond donors (Lipinski definition) is 0. The Labute approximate surface area is 174 Å². The van der Waals surface area contributed by atoms with E-state index in [1.165, 1.54) is 12.8 Å². The van der Waals surface area contributed by atoms with Gasteiger partial charge in [0.2, 0.25) is 0 Å². The minimum absolute atomic E-state index is 0. The standard InChI is InChI=1S/C14H17.C5H5.C2H7Si.2ClH.Zr/c1-10-7-11-5-6-13(14(2,3)4)9-12(11)8-10;1-2-4-5-3-1;1-3-2;;;/h6-7,9H,8H2,1-4H3;1-3H,4H2;3H,1-2H3;2*1H;/q;;;;;+2/p-2. The number of halogens is 2. The molecule has 0 fully saturated rings. The van der Waals surface area contributed by atoms with Crippen LogP contribution in [-0.2, 0) is 32.7 Å². The van der Waals surface area contributed by atoms with E-state index in [2.05, 4.69) is 77.2 Å². The topological polar surface area (TPSA) is 0 Å². The van der Waals surface area contributed by atoms with Gasteiger partial charge >= 0.3 is 151 Å². The SMILES string of the molecule is CC1=Cc2c(cc(C(C)(C)C)c[c]2[Zr+2]([C]2=CC=CC2)[SiH](C)C)C1.[Cl-].[Cl-]. The van der Waals surface area contributed by atoms with Gasteiger partial charge in [0.1, 0.15) is 0 Å². The molecule has 0 aromatic heterocycles. The van der Waals surface area contributed by atoms with Gasteiger partial charge in [-0.3, -0.25) is 0 Å². The van der Waals surface area contributed by atoms with Crippen LogP contribution in [0.2, 0.25) is 13.1 Å². The number of hydrogen-bond acceptors (Lipinski definition) is 0. The summed E-state index contributed by atoms with van der Waals surface area (Å²) in [5.74, 6) is -0.636. The summed E-state index contributed by atoms with van der Waals surface area (Å²) in [6.07, 6.45) is 12.0. The van der Waals surface area contributed by atoms with Crippen LogP contribution in [0.15, 0.2) is 39.2 Å². The van der Waals surface area contributed by atoms with Crippen LogP contribution in [0.3, 0.4) is 0 Å². The molecule has 0 heterocycles. The molecule has 0 spiro atoms. The summed E-state index contributed by atoms with van der Waals surface area (Å²) in [6, 6.07) is 5.12. The molecule has 0 unspecified atom stereocenters. The molecule has 0 radical (unpaired) electrons. The Morgan fingerprint density at radius 1 is 1.08 bits per heavy atom. The molecular formula is C21H29Cl2SiZr. The molecule has 0 nitrogen and oxygen atoms in total. The molecule has 0 atom stereocenters. The third kappa shape index (κ3) is 4.89. The van der Waals surface area contributed by atoms with Crippen LogP contribution in [-0.4, -0.2) is 5.92 Å². The smallest absolute Gasteiger partial charge is 1.00 e. The summed E-state index contributed by atoms with van der Waals surface area (Å²) in [5.41, 5.74) is 6.56. The number of rotatable bonds is 3. The average molecular weight is 472 g/mol. The van der Waals surface area contributed by atoms with E-state index >= 15 is 0 Å². The zero-order chi connectivity index (χ0) is 16.8. The molecule has 2 aliphatic rings. The van der Waals surface area contributed by atoms with Gasteiger partial charge in [0, 0.05) is 0 Å². The number of fused-ring (bicyclic) bond motifs is 1. The van der Waals surface area contributed by atoms with E-state index in [4.69, 9.17) is 0 Å². The minimum atomic E-state index is -1.69. The van der Waals surface area contributed by atoms with E-state index in [1.54, 1.807) is 22.3 Å². The average Bonchev–Trinajstić information content (AvgIpc) is 3.05. The predicted molar refractivity (Wildman–Crippen MR) is 103 cm³/mol. The Bertz CT molecular complexity index is 724. The van der Waals surface area contributed by atoms with Crippen molar-refractivity contribution in [3.8, 4) is 0 Å². The third-order valence-corrected chi connectivity index (χ3v) is 23.7. The number of benzene rings is 1. The first-order chi connectivity index (χ1) is 10.8. The van der Waals surface area contributed by atoms with Crippen molar-refractivity contribution in [3.63, 3.8) is 0 Å². The van der Waals surface area contributed by atoms with Crippen LogP contribution >= 0.6 is 0 Å². The molecule has 0 aliphatic heterocycles. The predicted octanol–water partition coefficient (Wildman–Crippen LogP) is -0.978. The summed E-state index contributed by atoms with van der Waals surface area (Å²) in [7, 11) is 0. The first-order valence-corrected chi connectivity index (χ1v) is 18.5. The van der Waals surface area contributed by atoms with Gasteiger partial charge in [-0.25, -0.2) is 0 Å². The fourth-order valence-corrected chi connectivity index (χ4v) is 22.3. The second-order valence-corrected chi connectivity index (χ2v) is 27.6. The molecule has 25 heavy (non-hydrogen) atoms. The summed E-state index contributed by atoms with van der Waals surface area (Å²) >= 11 is -1.69. The fraction of sp³-hybridized carbons (Fsp3) is 0.429. The van der Waals surface area contributed by atoms with E-state index in [0.717, 1.165) is 0 Å².